The second-order valence-corrected chi connectivity index (χ2v) is 4.98. The van der Waals surface area contributed by atoms with Crippen LogP contribution in [0.25, 0.3) is 0 Å². The minimum absolute atomic E-state index is 0.355. The zero-order valence-electron chi connectivity index (χ0n) is 12.3. The van der Waals surface area contributed by atoms with E-state index < -0.39 is 23.8 Å². The number of rotatable bonds is 4. The van der Waals surface area contributed by atoms with E-state index in [4.69, 9.17) is 4.74 Å². The first-order valence-electron chi connectivity index (χ1n) is 6.83. The summed E-state index contributed by atoms with van der Waals surface area (Å²) < 4.78 is 5.21. The van der Waals surface area contributed by atoms with Crippen LogP contribution in [0.2, 0.25) is 0 Å². The lowest BCUT2D eigenvalue weighted by atomic mass is 9.98. The van der Waals surface area contributed by atoms with Crippen LogP contribution in [0.5, 0.6) is 5.75 Å². The van der Waals surface area contributed by atoms with Crippen LogP contribution in [0.3, 0.4) is 0 Å². The van der Waals surface area contributed by atoms with Crippen LogP contribution < -0.4 is 15.0 Å². The van der Waals surface area contributed by atoms with Crippen molar-refractivity contribution in [2.45, 2.75) is 26.7 Å². The second kappa shape index (κ2) is 5.95. The molecular weight excluding hydrogens is 272 g/mol. The van der Waals surface area contributed by atoms with Crippen LogP contribution in [0, 0.1) is 12.8 Å². The molecule has 0 radical (unpaired) electrons. The topological polar surface area (TPSA) is 75.7 Å². The molecule has 1 atom stereocenters. The fourth-order valence-electron chi connectivity index (χ4n) is 2.36. The van der Waals surface area contributed by atoms with Crippen molar-refractivity contribution in [1.82, 2.24) is 5.32 Å². The van der Waals surface area contributed by atoms with Gasteiger partial charge in [-0.05, 0) is 31.0 Å². The molecule has 1 saturated heterocycles. The molecule has 1 aliphatic rings. The number of nitrogens with one attached hydrogen (secondary N) is 1. The summed E-state index contributed by atoms with van der Waals surface area (Å²) >= 11 is 0. The van der Waals surface area contributed by atoms with Crippen molar-refractivity contribution in [1.29, 1.82) is 0 Å². The number of ether oxygens (including phenoxy) is 1. The molecule has 112 valence electrons. The van der Waals surface area contributed by atoms with Gasteiger partial charge in [0.15, 0.2) is 0 Å². The number of benzene rings is 1. The van der Waals surface area contributed by atoms with E-state index in [1.54, 1.807) is 12.1 Å². The lowest BCUT2D eigenvalue weighted by Gasteiger charge is -2.30. The number of amides is 4. The molecule has 6 nitrogen and oxygen atoms in total. The van der Waals surface area contributed by atoms with Crippen molar-refractivity contribution in [2.24, 2.45) is 5.92 Å². The van der Waals surface area contributed by atoms with Crippen LogP contribution in [0.15, 0.2) is 18.2 Å². The van der Waals surface area contributed by atoms with Crippen LogP contribution in [0.4, 0.5) is 10.5 Å². The molecule has 1 fully saturated rings. The zero-order chi connectivity index (χ0) is 15.6. The van der Waals surface area contributed by atoms with Crippen molar-refractivity contribution in [3.05, 3.63) is 23.8 Å². The number of aryl methyl sites for hydroxylation is 1. The molecule has 0 spiro atoms. The summed E-state index contributed by atoms with van der Waals surface area (Å²) in [7, 11) is 1.47. The Morgan fingerprint density at radius 3 is 2.62 bits per heavy atom. The van der Waals surface area contributed by atoms with E-state index in [-0.39, 0.29) is 0 Å². The molecular formula is C15H18N2O4. The Kier molecular flexibility index (Phi) is 4.26. The largest absolute Gasteiger partial charge is 0.495 e. The number of nitrogens with zero attached hydrogens (tertiary/aromatic N) is 1. The molecule has 1 aromatic carbocycles. The number of anilines is 1. The third-order valence-electron chi connectivity index (χ3n) is 3.42. The maximum absolute atomic E-state index is 12.5. The summed E-state index contributed by atoms with van der Waals surface area (Å²) in [6.07, 6.45) is 1.08. The molecule has 0 aliphatic carbocycles. The Morgan fingerprint density at radius 1 is 1.29 bits per heavy atom. The molecule has 2 rings (SSSR count). The van der Waals surface area contributed by atoms with Gasteiger partial charge < -0.3 is 4.74 Å². The lowest BCUT2D eigenvalue weighted by Crippen LogP contribution is -2.58. The van der Waals surface area contributed by atoms with E-state index in [2.05, 4.69) is 5.32 Å². The number of carbonyl (C=O) groups excluding carboxylic acids is 3. The van der Waals surface area contributed by atoms with Gasteiger partial charge in [0, 0.05) is 0 Å². The molecule has 4 amide bonds. The van der Waals surface area contributed by atoms with Gasteiger partial charge in [-0.2, -0.15) is 0 Å². The molecule has 0 saturated carbocycles. The highest BCUT2D eigenvalue weighted by molar-refractivity contribution is 6.28. The normalized spacial score (nSPS) is 18.7. The molecule has 0 bridgehead atoms. The van der Waals surface area contributed by atoms with E-state index in [9.17, 15) is 14.4 Å². The van der Waals surface area contributed by atoms with Crippen LogP contribution in [0.1, 0.15) is 25.3 Å². The van der Waals surface area contributed by atoms with Gasteiger partial charge in [0.2, 0.25) is 11.8 Å². The second-order valence-electron chi connectivity index (χ2n) is 4.98. The number of methoxy groups -OCH3 is 1. The van der Waals surface area contributed by atoms with Crippen molar-refractivity contribution in [2.75, 3.05) is 12.0 Å². The van der Waals surface area contributed by atoms with E-state index in [1.807, 2.05) is 19.9 Å². The van der Waals surface area contributed by atoms with Crippen molar-refractivity contribution in [3.8, 4) is 5.75 Å². The maximum atomic E-state index is 12.5. The van der Waals surface area contributed by atoms with Gasteiger partial charge in [0.05, 0.1) is 12.8 Å². The lowest BCUT2D eigenvalue weighted by molar-refractivity contribution is -0.134. The van der Waals surface area contributed by atoms with Gasteiger partial charge in [-0.1, -0.05) is 19.4 Å². The summed E-state index contributed by atoms with van der Waals surface area (Å²) in [5.41, 5.74) is 1.24. The number of hydrogen-bond donors (Lipinski definition) is 1. The average Bonchev–Trinajstić information content (AvgIpc) is 2.43. The number of barbiturate groups is 1. The standard InChI is InChI=1S/C15H18N2O4/c1-4-5-10-13(18)16-15(20)17(14(10)19)11-8-9(2)6-7-12(11)21-3/h6-8,10H,4-5H2,1-3H3,(H,16,18,20). The first kappa shape index (κ1) is 15.0. The van der Waals surface area contributed by atoms with Crippen LogP contribution >= 0.6 is 0 Å². The van der Waals surface area contributed by atoms with E-state index in [0.717, 1.165) is 10.5 Å². The van der Waals surface area contributed by atoms with E-state index in [1.165, 1.54) is 7.11 Å². The predicted molar refractivity (Wildman–Crippen MR) is 77.2 cm³/mol. The van der Waals surface area contributed by atoms with Crippen LogP contribution in [-0.4, -0.2) is 25.0 Å². The Balaban J connectivity index is 2.46. The Bertz CT molecular complexity index is 597. The number of hydrogen-bond acceptors (Lipinski definition) is 4. The molecule has 0 aromatic heterocycles. The molecule has 1 N–H and O–H groups in total. The van der Waals surface area contributed by atoms with Gasteiger partial charge in [-0.3, -0.25) is 14.9 Å². The predicted octanol–water partition coefficient (Wildman–Crippen LogP) is 2.00. The summed E-state index contributed by atoms with van der Waals surface area (Å²) in [5.74, 6) is -1.46. The van der Waals surface area contributed by atoms with Gasteiger partial charge in [0.25, 0.3) is 0 Å². The fourth-order valence-corrected chi connectivity index (χ4v) is 2.36. The number of urea groups is 1. The summed E-state index contributed by atoms with van der Waals surface area (Å²) in [4.78, 5) is 37.4. The summed E-state index contributed by atoms with van der Waals surface area (Å²) in [6, 6.07) is 4.47. The highest BCUT2D eigenvalue weighted by Crippen LogP contribution is 2.32. The van der Waals surface area contributed by atoms with Crippen LogP contribution in [-0.2, 0) is 9.59 Å². The first-order valence-corrected chi connectivity index (χ1v) is 6.83. The molecule has 6 heteroatoms. The molecule has 1 aromatic rings. The van der Waals surface area contributed by atoms with Crippen molar-refractivity contribution >= 4 is 23.5 Å². The fraction of sp³-hybridized carbons (Fsp3) is 0.400. The Labute approximate surface area is 123 Å². The van der Waals surface area contributed by atoms with Gasteiger partial charge in [-0.15, -0.1) is 0 Å². The number of imide groups is 2. The van der Waals surface area contributed by atoms with Crippen molar-refractivity contribution < 1.29 is 19.1 Å². The summed E-state index contributed by atoms with van der Waals surface area (Å²) in [6.45, 7) is 3.73. The minimum atomic E-state index is -0.835. The highest BCUT2D eigenvalue weighted by Gasteiger charge is 2.41. The third kappa shape index (κ3) is 2.74. The van der Waals surface area contributed by atoms with Gasteiger partial charge >= 0.3 is 6.03 Å². The maximum Gasteiger partial charge on any atom is 0.335 e. The molecule has 1 heterocycles. The minimum Gasteiger partial charge on any atom is -0.495 e. The summed E-state index contributed by atoms with van der Waals surface area (Å²) in [5, 5.41) is 2.24. The highest BCUT2D eigenvalue weighted by atomic mass is 16.5. The molecule has 1 unspecified atom stereocenters. The van der Waals surface area contributed by atoms with E-state index in [0.29, 0.717) is 24.3 Å². The third-order valence-corrected chi connectivity index (χ3v) is 3.42. The quantitative estimate of drug-likeness (QED) is 0.861. The van der Waals surface area contributed by atoms with Crippen molar-refractivity contribution in [3.63, 3.8) is 0 Å². The number of carbonyl (C=O) groups is 3. The zero-order valence-corrected chi connectivity index (χ0v) is 12.3. The Morgan fingerprint density at radius 2 is 2.00 bits per heavy atom. The smallest absolute Gasteiger partial charge is 0.335 e. The average molecular weight is 290 g/mol. The van der Waals surface area contributed by atoms with Gasteiger partial charge in [0.1, 0.15) is 11.7 Å². The Hall–Kier alpha value is -2.37. The first-order chi connectivity index (χ1) is 9.99. The van der Waals surface area contributed by atoms with E-state index >= 15 is 0 Å². The molecule has 21 heavy (non-hydrogen) atoms. The molecule has 1 aliphatic heterocycles. The van der Waals surface area contributed by atoms with Gasteiger partial charge in [-0.25, -0.2) is 9.69 Å². The SMILES string of the molecule is CCCC1C(=O)NC(=O)N(c2cc(C)ccc2OC)C1=O. The monoisotopic (exact) mass is 290 g/mol.